The zero-order chi connectivity index (χ0) is 14.4. The molecular formula is C18H30N2. The van der Waals surface area contributed by atoms with E-state index in [1.165, 1.54) is 56.4 Å². The van der Waals surface area contributed by atoms with Crippen molar-refractivity contribution in [2.24, 2.45) is 5.41 Å². The Morgan fingerprint density at radius 1 is 1.15 bits per heavy atom. The van der Waals surface area contributed by atoms with Crippen LogP contribution in [0.4, 0.5) is 5.69 Å². The molecule has 0 radical (unpaired) electrons. The summed E-state index contributed by atoms with van der Waals surface area (Å²) in [5, 5.41) is 3.41. The minimum absolute atomic E-state index is 0.395. The highest BCUT2D eigenvalue weighted by Crippen LogP contribution is 2.32. The average Bonchev–Trinajstić information content (AvgIpc) is 2.69. The van der Waals surface area contributed by atoms with Gasteiger partial charge >= 0.3 is 0 Å². The Bertz CT molecular complexity index is 410. The van der Waals surface area contributed by atoms with Gasteiger partial charge in [0, 0.05) is 25.3 Å². The zero-order valence-corrected chi connectivity index (χ0v) is 13.4. The molecule has 1 aliphatic heterocycles. The molecular weight excluding hydrogens is 244 g/mol. The van der Waals surface area contributed by atoms with Crippen molar-refractivity contribution in [3.05, 3.63) is 29.8 Å². The summed E-state index contributed by atoms with van der Waals surface area (Å²) < 4.78 is 0. The third-order valence-corrected chi connectivity index (χ3v) is 5.03. The molecule has 0 spiro atoms. The first-order chi connectivity index (χ1) is 9.74. The summed E-state index contributed by atoms with van der Waals surface area (Å²) in [5.41, 5.74) is 3.41. The van der Waals surface area contributed by atoms with Crippen molar-refractivity contribution >= 4 is 5.69 Å². The van der Waals surface area contributed by atoms with Gasteiger partial charge in [0.2, 0.25) is 0 Å². The van der Waals surface area contributed by atoms with Crippen LogP contribution in [0.1, 0.15) is 45.1 Å². The topological polar surface area (TPSA) is 15.3 Å². The van der Waals surface area contributed by atoms with Crippen molar-refractivity contribution in [2.75, 3.05) is 31.6 Å². The van der Waals surface area contributed by atoms with Gasteiger partial charge in [-0.15, -0.1) is 0 Å². The lowest BCUT2D eigenvalue weighted by molar-refractivity contribution is 0.259. The fourth-order valence-corrected chi connectivity index (χ4v) is 3.49. The number of rotatable bonds is 6. The molecule has 0 saturated carbocycles. The fourth-order valence-electron chi connectivity index (χ4n) is 3.49. The number of para-hydroxylation sites is 1. The fraction of sp³-hybridized carbons (Fsp3) is 0.667. The summed E-state index contributed by atoms with van der Waals surface area (Å²) in [4.78, 5) is 2.65. The van der Waals surface area contributed by atoms with Crippen molar-refractivity contribution < 1.29 is 0 Å². The average molecular weight is 274 g/mol. The molecule has 0 unspecified atom stereocenters. The largest absolute Gasteiger partial charge is 0.371 e. The summed E-state index contributed by atoms with van der Waals surface area (Å²) in [6, 6.07) is 9.00. The number of nitrogens with zero attached hydrogens (tertiary/aromatic N) is 1. The molecule has 0 bridgehead atoms. The van der Waals surface area contributed by atoms with Crippen LogP contribution in [0.15, 0.2) is 24.3 Å². The molecule has 1 aromatic carbocycles. The Kier molecular flexibility index (Phi) is 5.47. The Morgan fingerprint density at radius 2 is 1.90 bits per heavy atom. The maximum absolute atomic E-state index is 3.41. The van der Waals surface area contributed by atoms with Crippen LogP contribution in [0.5, 0.6) is 0 Å². The lowest BCUT2D eigenvalue weighted by Crippen LogP contribution is -2.43. The van der Waals surface area contributed by atoms with Gasteiger partial charge in [0.15, 0.2) is 0 Å². The van der Waals surface area contributed by atoms with Gasteiger partial charge in [-0.05, 0) is 56.2 Å². The van der Waals surface area contributed by atoms with E-state index >= 15 is 0 Å². The normalized spacial score (nSPS) is 15.8. The molecule has 0 aliphatic carbocycles. The van der Waals surface area contributed by atoms with Crippen LogP contribution < -0.4 is 10.2 Å². The van der Waals surface area contributed by atoms with E-state index < -0.39 is 0 Å². The van der Waals surface area contributed by atoms with Gasteiger partial charge in [0.25, 0.3) is 0 Å². The summed E-state index contributed by atoms with van der Waals surface area (Å²) in [6.07, 6.45) is 6.36. The van der Waals surface area contributed by atoms with Gasteiger partial charge in [0.1, 0.15) is 0 Å². The molecule has 2 heteroatoms. The smallest absolute Gasteiger partial charge is 0.0398 e. The van der Waals surface area contributed by atoms with Crippen LogP contribution in [0, 0.1) is 5.41 Å². The number of fused-ring (bicyclic) bond motifs is 1. The molecule has 1 aromatic rings. The molecule has 0 aromatic heterocycles. The van der Waals surface area contributed by atoms with Crippen molar-refractivity contribution in [1.29, 1.82) is 0 Å². The monoisotopic (exact) mass is 274 g/mol. The van der Waals surface area contributed by atoms with E-state index in [4.69, 9.17) is 0 Å². The van der Waals surface area contributed by atoms with Gasteiger partial charge < -0.3 is 10.2 Å². The predicted molar refractivity (Wildman–Crippen MR) is 88.5 cm³/mol. The van der Waals surface area contributed by atoms with E-state index in [2.05, 4.69) is 55.4 Å². The van der Waals surface area contributed by atoms with E-state index in [1.54, 1.807) is 0 Å². The van der Waals surface area contributed by atoms with E-state index in [1.807, 2.05) is 0 Å². The maximum Gasteiger partial charge on any atom is 0.0398 e. The first-order valence-electron chi connectivity index (χ1n) is 8.22. The highest BCUT2D eigenvalue weighted by molar-refractivity contribution is 5.54. The number of hydrogen-bond donors (Lipinski definition) is 1. The molecule has 1 aliphatic rings. The second-order valence-corrected chi connectivity index (χ2v) is 6.24. The van der Waals surface area contributed by atoms with Gasteiger partial charge in [-0.25, -0.2) is 0 Å². The van der Waals surface area contributed by atoms with Crippen LogP contribution in [-0.2, 0) is 6.42 Å². The third kappa shape index (κ3) is 3.35. The zero-order valence-electron chi connectivity index (χ0n) is 13.4. The second kappa shape index (κ2) is 7.12. The SMILES string of the molecule is CCC(CC)(CNC)CN1CCCCc2ccccc21. The molecule has 1 heterocycles. The maximum atomic E-state index is 3.41. The minimum Gasteiger partial charge on any atom is -0.371 e. The van der Waals surface area contributed by atoms with E-state index in [9.17, 15) is 0 Å². The van der Waals surface area contributed by atoms with Crippen molar-refractivity contribution in [2.45, 2.75) is 46.0 Å². The standard InChI is InChI=1S/C18H30N2/c1-4-18(5-2,14-19-3)15-20-13-9-8-11-16-10-6-7-12-17(16)20/h6-7,10,12,19H,4-5,8-9,11,13-15H2,1-3H3. The van der Waals surface area contributed by atoms with Gasteiger partial charge in [-0.3, -0.25) is 0 Å². The Balaban J connectivity index is 2.23. The van der Waals surface area contributed by atoms with Crippen LogP contribution in [0.2, 0.25) is 0 Å². The van der Waals surface area contributed by atoms with Gasteiger partial charge in [-0.1, -0.05) is 32.0 Å². The first kappa shape index (κ1) is 15.4. The summed E-state index contributed by atoms with van der Waals surface area (Å²) in [7, 11) is 2.08. The van der Waals surface area contributed by atoms with E-state index in [-0.39, 0.29) is 0 Å². The lowest BCUT2D eigenvalue weighted by atomic mass is 9.81. The number of nitrogens with one attached hydrogen (secondary N) is 1. The van der Waals surface area contributed by atoms with Gasteiger partial charge in [0.05, 0.1) is 0 Å². The van der Waals surface area contributed by atoms with E-state index in [0.29, 0.717) is 5.41 Å². The molecule has 20 heavy (non-hydrogen) atoms. The molecule has 0 saturated heterocycles. The number of anilines is 1. The molecule has 0 fully saturated rings. The quantitative estimate of drug-likeness (QED) is 0.847. The third-order valence-electron chi connectivity index (χ3n) is 5.03. The number of benzene rings is 1. The molecule has 2 rings (SSSR count). The summed E-state index contributed by atoms with van der Waals surface area (Å²) in [6.45, 7) is 8.17. The second-order valence-electron chi connectivity index (χ2n) is 6.24. The van der Waals surface area contributed by atoms with Crippen molar-refractivity contribution in [1.82, 2.24) is 5.32 Å². The molecule has 0 amide bonds. The number of aryl methyl sites for hydroxylation is 1. The Morgan fingerprint density at radius 3 is 2.60 bits per heavy atom. The molecule has 112 valence electrons. The Labute approximate surface area is 124 Å². The highest BCUT2D eigenvalue weighted by atomic mass is 15.1. The van der Waals surface area contributed by atoms with Crippen molar-refractivity contribution in [3.63, 3.8) is 0 Å². The van der Waals surface area contributed by atoms with E-state index in [0.717, 1.165) is 6.54 Å². The lowest BCUT2D eigenvalue weighted by Gasteiger charge is -2.38. The molecule has 2 nitrogen and oxygen atoms in total. The molecule has 1 N–H and O–H groups in total. The molecule has 0 atom stereocenters. The van der Waals surface area contributed by atoms with Crippen LogP contribution in [-0.4, -0.2) is 26.7 Å². The first-order valence-corrected chi connectivity index (χ1v) is 8.22. The summed E-state index contributed by atoms with van der Waals surface area (Å²) >= 11 is 0. The van der Waals surface area contributed by atoms with Crippen LogP contribution in [0.25, 0.3) is 0 Å². The van der Waals surface area contributed by atoms with Gasteiger partial charge in [-0.2, -0.15) is 0 Å². The highest BCUT2D eigenvalue weighted by Gasteiger charge is 2.29. The van der Waals surface area contributed by atoms with Crippen LogP contribution >= 0.6 is 0 Å². The predicted octanol–water partition coefficient (Wildman–Crippen LogP) is 3.86. The Hall–Kier alpha value is -1.02. The summed E-state index contributed by atoms with van der Waals surface area (Å²) in [5.74, 6) is 0. The number of hydrogen-bond acceptors (Lipinski definition) is 2. The van der Waals surface area contributed by atoms with Crippen molar-refractivity contribution in [3.8, 4) is 0 Å². The minimum atomic E-state index is 0.395. The van der Waals surface area contributed by atoms with Crippen LogP contribution in [0.3, 0.4) is 0 Å².